The first-order valence-electron chi connectivity index (χ1n) is 7.86. The lowest BCUT2D eigenvalue weighted by Crippen LogP contribution is -2.29. The van der Waals surface area contributed by atoms with Crippen LogP contribution in [0.25, 0.3) is 0 Å². The second kappa shape index (κ2) is 7.81. The van der Waals surface area contributed by atoms with Crippen LogP contribution in [0, 0.1) is 19.8 Å². The van der Waals surface area contributed by atoms with Gasteiger partial charge in [-0.2, -0.15) is 0 Å². The smallest absolute Gasteiger partial charge is 0.341 e. The number of carboxylic acids is 1. The van der Waals surface area contributed by atoms with Gasteiger partial charge in [0.15, 0.2) is 6.61 Å². The van der Waals surface area contributed by atoms with Crippen molar-refractivity contribution < 1.29 is 19.4 Å². The summed E-state index contributed by atoms with van der Waals surface area (Å²) in [5.41, 5.74) is 2.10. The third-order valence-electron chi connectivity index (χ3n) is 3.99. The average Bonchev–Trinajstić information content (AvgIpc) is 2.52. The zero-order valence-corrected chi connectivity index (χ0v) is 13.6. The van der Waals surface area contributed by atoms with E-state index in [1.54, 1.807) is 12.1 Å². The standard InChI is InChI=1S/C18H23NO4/c1-12-8-15(9-13(2)17(12)23-11-16(20)21)18(22)19-10-14-6-4-3-5-7-14/h3-4,8-9,14H,5-7,10-11H2,1-2H3,(H,19,22)(H,20,21). The van der Waals surface area contributed by atoms with E-state index in [2.05, 4.69) is 17.5 Å². The molecule has 2 rings (SSSR count). The highest BCUT2D eigenvalue weighted by Gasteiger charge is 2.15. The van der Waals surface area contributed by atoms with Crippen LogP contribution in [0.15, 0.2) is 24.3 Å². The summed E-state index contributed by atoms with van der Waals surface area (Å²) in [5, 5.41) is 11.7. The van der Waals surface area contributed by atoms with E-state index < -0.39 is 5.97 Å². The number of carbonyl (C=O) groups is 2. The second-order valence-electron chi connectivity index (χ2n) is 5.98. The summed E-state index contributed by atoms with van der Waals surface area (Å²) in [4.78, 5) is 22.9. The third-order valence-corrected chi connectivity index (χ3v) is 3.99. The maximum Gasteiger partial charge on any atom is 0.341 e. The molecule has 1 aromatic rings. The van der Waals surface area contributed by atoms with Crippen molar-refractivity contribution in [2.45, 2.75) is 33.1 Å². The molecule has 124 valence electrons. The highest BCUT2D eigenvalue weighted by atomic mass is 16.5. The fourth-order valence-corrected chi connectivity index (χ4v) is 2.82. The van der Waals surface area contributed by atoms with Crippen LogP contribution in [-0.2, 0) is 4.79 Å². The first-order valence-corrected chi connectivity index (χ1v) is 7.86. The normalized spacial score (nSPS) is 16.9. The fraction of sp³-hybridized carbons (Fsp3) is 0.444. The van der Waals surface area contributed by atoms with Crippen LogP contribution in [0.4, 0.5) is 0 Å². The van der Waals surface area contributed by atoms with E-state index in [1.807, 2.05) is 13.8 Å². The molecule has 5 heteroatoms. The Kier molecular flexibility index (Phi) is 5.79. The Balaban J connectivity index is 2.00. The van der Waals surface area contributed by atoms with E-state index in [9.17, 15) is 9.59 Å². The Morgan fingerprint density at radius 1 is 1.26 bits per heavy atom. The van der Waals surface area contributed by atoms with Gasteiger partial charge < -0.3 is 15.2 Å². The van der Waals surface area contributed by atoms with Gasteiger partial charge >= 0.3 is 5.97 Å². The fourth-order valence-electron chi connectivity index (χ4n) is 2.82. The molecule has 1 unspecified atom stereocenters. The zero-order chi connectivity index (χ0) is 16.8. The number of carboxylic acid groups (broad SMARTS) is 1. The minimum atomic E-state index is -1.02. The molecular weight excluding hydrogens is 294 g/mol. The number of benzene rings is 1. The van der Waals surface area contributed by atoms with Crippen molar-refractivity contribution in [2.75, 3.05) is 13.2 Å². The molecule has 1 aliphatic rings. The van der Waals surface area contributed by atoms with Crippen LogP contribution >= 0.6 is 0 Å². The number of nitrogens with one attached hydrogen (secondary N) is 1. The molecule has 1 atom stereocenters. The number of hydrogen-bond donors (Lipinski definition) is 2. The topological polar surface area (TPSA) is 75.6 Å². The number of hydrogen-bond acceptors (Lipinski definition) is 3. The average molecular weight is 317 g/mol. The molecule has 23 heavy (non-hydrogen) atoms. The first-order chi connectivity index (χ1) is 11.0. The van der Waals surface area contributed by atoms with Crippen molar-refractivity contribution in [1.29, 1.82) is 0 Å². The molecule has 0 saturated carbocycles. The van der Waals surface area contributed by atoms with Crippen LogP contribution in [0.3, 0.4) is 0 Å². The van der Waals surface area contributed by atoms with Gasteiger partial charge in [0.1, 0.15) is 5.75 Å². The van der Waals surface area contributed by atoms with Crippen LogP contribution < -0.4 is 10.1 Å². The third kappa shape index (κ3) is 4.84. The summed E-state index contributed by atoms with van der Waals surface area (Å²) in [6.45, 7) is 3.92. The van der Waals surface area contributed by atoms with Crippen molar-refractivity contribution in [3.63, 3.8) is 0 Å². The van der Waals surface area contributed by atoms with Gasteiger partial charge in [-0.15, -0.1) is 0 Å². The Bertz CT molecular complexity index is 598. The van der Waals surface area contributed by atoms with Gasteiger partial charge in [0.05, 0.1) is 0 Å². The van der Waals surface area contributed by atoms with E-state index in [0.29, 0.717) is 23.8 Å². The summed E-state index contributed by atoms with van der Waals surface area (Å²) in [5.74, 6) is -0.0895. The first kappa shape index (κ1) is 17.1. The van der Waals surface area contributed by atoms with Crippen LogP contribution in [0.1, 0.15) is 40.7 Å². The number of aryl methyl sites for hydroxylation is 2. The molecule has 0 heterocycles. The minimum Gasteiger partial charge on any atom is -0.481 e. The van der Waals surface area contributed by atoms with Crippen molar-refractivity contribution in [3.8, 4) is 5.75 Å². The molecule has 0 fully saturated rings. The van der Waals surface area contributed by atoms with Crippen molar-refractivity contribution >= 4 is 11.9 Å². The lowest BCUT2D eigenvalue weighted by atomic mass is 9.94. The quantitative estimate of drug-likeness (QED) is 0.791. The molecule has 1 aliphatic carbocycles. The van der Waals surface area contributed by atoms with Crippen LogP contribution in [0.5, 0.6) is 5.75 Å². The summed E-state index contributed by atoms with van der Waals surface area (Å²) >= 11 is 0. The Morgan fingerprint density at radius 3 is 2.52 bits per heavy atom. The number of carbonyl (C=O) groups excluding carboxylic acids is 1. The molecule has 1 amide bonds. The van der Waals surface area contributed by atoms with Crippen molar-refractivity contribution in [2.24, 2.45) is 5.92 Å². The SMILES string of the molecule is Cc1cc(C(=O)NCC2CC=CCC2)cc(C)c1OCC(=O)O. The number of aliphatic carboxylic acids is 1. The van der Waals surface area contributed by atoms with Crippen LogP contribution in [0.2, 0.25) is 0 Å². The highest BCUT2D eigenvalue weighted by Crippen LogP contribution is 2.25. The molecule has 0 saturated heterocycles. The van der Waals surface area contributed by atoms with E-state index in [0.717, 1.165) is 30.4 Å². The monoisotopic (exact) mass is 317 g/mol. The Morgan fingerprint density at radius 2 is 1.96 bits per heavy atom. The van der Waals surface area contributed by atoms with Crippen molar-refractivity contribution in [1.82, 2.24) is 5.32 Å². The summed E-state index contributed by atoms with van der Waals surface area (Å²) in [6.07, 6.45) is 7.55. The lowest BCUT2D eigenvalue weighted by Gasteiger charge is -2.18. The van der Waals surface area contributed by atoms with Crippen molar-refractivity contribution in [3.05, 3.63) is 41.0 Å². The van der Waals surface area contributed by atoms with Gasteiger partial charge in [-0.05, 0) is 62.3 Å². The second-order valence-corrected chi connectivity index (χ2v) is 5.98. The molecule has 5 nitrogen and oxygen atoms in total. The maximum atomic E-state index is 12.3. The molecule has 0 bridgehead atoms. The predicted molar refractivity (Wildman–Crippen MR) is 87.9 cm³/mol. The summed E-state index contributed by atoms with van der Waals surface area (Å²) in [7, 11) is 0. The molecule has 2 N–H and O–H groups in total. The predicted octanol–water partition coefficient (Wildman–Crippen LogP) is 2.85. The molecule has 0 aliphatic heterocycles. The van der Waals surface area contributed by atoms with E-state index in [-0.39, 0.29) is 12.5 Å². The van der Waals surface area contributed by atoms with Gasteiger partial charge in [-0.1, -0.05) is 12.2 Å². The Labute approximate surface area is 136 Å². The number of allylic oxidation sites excluding steroid dienone is 2. The van der Waals surface area contributed by atoms with Gasteiger partial charge in [0, 0.05) is 12.1 Å². The molecule has 0 radical (unpaired) electrons. The molecular formula is C18H23NO4. The Hall–Kier alpha value is -2.30. The molecule has 0 aromatic heterocycles. The summed E-state index contributed by atoms with van der Waals surface area (Å²) < 4.78 is 5.28. The molecule has 0 spiro atoms. The van der Waals surface area contributed by atoms with Gasteiger partial charge in [0.2, 0.25) is 0 Å². The van der Waals surface area contributed by atoms with E-state index >= 15 is 0 Å². The summed E-state index contributed by atoms with van der Waals surface area (Å²) in [6, 6.07) is 3.47. The maximum absolute atomic E-state index is 12.3. The van der Waals surface area contributed by atoms with E-state index in [4.69, 9.17) is 9.84 Å². The lowest BCUT2D eigenvalue weighted by molar-refractivity contribution is -0.139. The number of rotatable bonds is 6. The van der Waals surface area contributed by atoms with E-state index in [1.165, 1.54) is 0 Å². The number of ether oxygens (including phenoxy) is 1. The number of amides is 1. The molecule has 1 aromatic carbocycles. The van der Waals surface area contributed by atoms with Gasteiger partial charge in [-0.25, -0.2) is 4.79 Å². The highest BCUT2D eigenvalue weighted by molar-refractivity contribution is 5.94. The van der Waals surface area contributed by atoms with Gasteiger partial charge in [-0.3, -0.25) is 4.79 Å². The van der Waals surface area contributed by atoms with Gasteiger partial charge in [0.25, 0.3) is 5.91 Å². The largest absolute Gasteiger partial charge is 0.481 e. The van der Waals surface area contributed by atoms with Crippen LogP contribution in [-0.4, -0.2) is 30.1 Å². The zero-order valence-electron chi connectivity index (χ0n) is 13.6. The minimum absolute atomic E-state index is 0.101.